The monoisotopic (exact) mass is 359 g/mol. The van der Waals surface area contributed by atoms with Crippen LogP contribution in [0.1, 0.15) is 23.4 Å². The fraction of sp³-hybridized carbons (Fsp3) is 0.400. The average Bonchev–Trinajstić information content (AvgIpc) is 2.93. The number of nitrogens with zero attached hydrogens (tertiary/aromatic N) is 3. The van der Waals surface area contributed by atoms with Crippen LogP contribution in [0.15, 0.2) is 16.7 Å². The highest BCUT2D eigenvalue weighted by molar-refractivity contribution is 7.93. The normalized spacial score (nSPS) is 14.4. The summed E-state index contributed by atoms with van der Waals surface area (Å²) >= 11 is 6.32. The van der Waals surface area contributed by atoms with Gasteiger partial charge in [0, 0.05) is 18.8 Å². The van der Waals surface area contributed by atoms with Crippen molar-refractivity contribution in [2.75, 3.05) is 0 Å². The van der Waals surface area contributed by atoms with Gasteiger partial charge in [-0.1, -0.05) is 22.9 Å². The van der Waals surface area contributed by atoms with Gasteiger partial charge in [-0.15, -0.1) is 0 Å². The van der Waals surface area contributed by atoms with Gasteiger partial charge in [0.15, 0.2) is 5.69 Å². The lowest BCUT2D eigenvalue weighted by Gasteiger charge is -2.12. The highest BCUT2D eigenvalue weighted by Crippen LogP contribution is 2.38. The average molecular weight is 360 g/mol. The predicted molar refractivity (Wildman–Crippen MR) is 70.9 cm³/mol. The number of thiazole rings is 1. The highest BCUT2D eigenvalue weighted by atomic mass is 35.5. The Balaban J connectivity index is 2.52. The molecule has 2 heterocycles. The van der Waals surface area contributed by atoms with Gasteiger partial charge in [-0.3, -0.25) is 4.68 Å². The first-order chi connectivity index (χ1) is 9.53. The third-order valence-corrected chi connectivity index (χ3v) is 6.36. The summed E-state index contributed by atoms with van der Waals surface area (Å²) in [5, 5.41) is 1.86. The third-order valence-electron chi connectivity index (χ3n) is 2.73. The predicted octanol–water partition coefficient (Wildman–Crippen LogP) is 3.08. The molecule has 2 rings (SSSR count). The fourth-order valence-electron chi connectivity index (χ4n) is 1.71. The second-order valence-corrected chi connectivity index (χ2v) is 8.33. The fourth-order valence-corrected chi connectivity index (χ4v) is 4.67. The van der Waals surface area contributed by atoms with E-state index in [1.807, 2.05) is 0 Å². The van der Waals surface area contributed by atoms with Crippen molar-refractivity contribution in [3.63, 3.8) is 0 Å². The Morgan fingerprint density at radius 2 is 2.05 bits per heavy atom. The lowest BCUT2D eigenvalue weighted by molar-refractivity contribution is -0.142. The Kier molecular flexibility index (Phi) is 4.06. The molecule has 2 aromatic heterocycles. The number of aryl methyl sites for hydroxylation is 1. The molecule has 116 valence electrons. The standard InChI is InChI=1S/C10H9ClF3N3O2S2/c1-5(21(18,19)9-15-3-7(11)20-9)6-4-17(2)16-8(6)10(12,13)14/h3-5H,1-2H3. The van der Waals surface area contributed by atoms with Gasteiger partial charge in [0.2, 0.25) is 14.2 Å². The van der Waals surface area contributed by atoms with E-state index in [0.29, 0.717) is 11.3 Å². The molecule has 1 unspecified atom stereocenters. The summed E-state index contributed by atoms with van der Waals surface area (Å²) in [4.78, 5) is 3.62. The highest BCUT2D eigenvalue weighted by Gasteiger charge is 2.41. The van der Waals surface area contributed by atoms with Gasteiger partial charge in [0.05, 0.1) is 11.4 Å². The van der Waals surface area contributed by atoms with Crippen LogP contribution in [0.25, 0.3) is 0 Å². The largest absolute Gasteiger partial charge is 0.435 e. The molecule has 21 heavy (non-hydrogen) atoms. The van der Waals surface area contributed by atoms with E-state index >= 15 is 0 Å². The van der Waals surface area contributed by atoms with E-state index in [2.05, 4.69) is 10.1 Å². The van der Waals surface area contributed by atoms with Crippen molar-refractivity contribution in [2.24, 2.45) is 7.05 Å². The van der Waals surface area contributed by atoms with Crippen LogP contribution in [0.2, 0.25) is 4.34 Å². The maximum Gasteiger partial charge on any atom is 0.435 e. The topological polar surface area (TPSA) is 64.8 Å². The van der Waals surface area contributed by atoms with Crippen molar-refractivity contribution in [2.45, 2.75) is 22.7 Å². The minimum Gasteiger partial charge on any atom is -0.275 e. The molecule has 0 saturated heterocycles. The molecule has 11 heteroatoms. The third kappa shape index (κ3) is 3.06. The zero-order valence-electron chi connectivity index (χ0n) is 10.7. The first kappa shape index (κ1) is 16.2. The Morgan fingerprint density at radius 1 is 1.43 bits per heavy atom. The molecule has 0 amide bonds. The Bertz CT molecular complexity index is 767. The molecule has 0 saturated carbocycles. The van der Waals surface area contributed by atoms with Crippen molar-refractivity contribution >= 4 is 32.8 Å². The van der Waals surface area contributed by atoms with Crippen LogP contribution in [0, 0.1) is 0 Å². The molecule has 0 radical (unpaired) electrons. The molecule has 2 aromatic rings. The van der Waals surface area contributed by atoms with Crippen LogP contribution < -0.4 is 0 Å². The second-order valence-electron chi connectivity index (χ2n) is 4.22. The van der Waals surface area contributed by atoms with E-state index in [9.17, 15) is 21.6 Å². The van der Waals surface area contributed by atoms with E-state index in [4.69, 9.17) is 11.6 Å². The first-order valence-electron chi connectivity index (χ1n) is 5.49. The number of halogens is 4. The van der Waals surface area contributed by atoms with Crippen molar-refractivity contribution in [1.82, 2.24) is 14.8 Å². The Hall–Kier alpha value is -1.13. The van der Waals surface area contributed by atoms with Crippen molar-refractivity contribution in [3.05, 3.63) is 28.0 Å². The van der Waals surface area contributed by atoms with Gasteiger partial charge in [0.25, 0.3) is 0 Å². The number of hydrogen-bond acceptors (Lipinski definition) is 5. The van der Waals surface area contributed by atoms with E-state index in [0.717, 1.165) is 24.0 Å². The van der Waals surface area contributed by atoms with Crippen LogP contribution in [-0.4, -0.2) is 23.2 Å². The molecule has 5 nitrogen and oxygen atoms in total. The maximum absolute atomic E-state index is 12.9. The molecule has 0 aliphatic carbocycles. The zero-order valence-corrected chi connectivity index (χ0v) is 13.1. The van der Waals surface area contributed by atoms with Gasteiger partial charge in [-0.2, -0.15) is 18.3 Å². The minimum absolute atomic E-state index is 0.142. The summed E-state index contributed by atoms with van der Waals surface area (Å²) in [6, 6.07) is 0. The molecule has 0 fully saturated rings. The number of aromatic nitrogens is 3. The second kappa shape index (κ2) is 5.25. The summed E-state index contributed by atoms with van der Waals surface area (Å²) < 4.78 is 64.1. The van der Waals surface area contributed by atoms with Crippen molar-refractivity contribution in [1.29, 1.82) is 0 Å². The first-order valence-corrected chi connectivity index (χ1v) is 8.23. The van der Waals surface area contributed by atoms with Crippen LogP contribution >= 0.6 is 22.9 Å². The van der Waals surface area contributed by atoms with E-state index in [1.54, 1.807) is 0 Å². The van der Waals surface area contributed by atoms with Gasteiger partial charge in [-0.05, 0) is 6.92 Å². The molecule has 0 N–H and O–H groups in total. The quantitative estimate of drug-likeness (QED) is 0.844. The molecule has 0 aromatic carbocycles. The molecular weight excluding hydrogens is 351 g/mol. The molecule has 0 aliphatic rings. The minimum atomic E-state index is -4.74. The van der Waals surface area contributed by atoms with Crippen LogP contribution in [-0.2, 0) is 23.1 Å². The number of rotatable bonds is 3. The van der Waals surface area contributed by atoms with Crippen molar-refractivity contribution in [3.8, 4) is 0 Å². The molecule has 0 bridgehead atoms. The van der Waals surface area contributed by atoms with Crippen LogP contribution in [0.3, 0.4) is 0 Å². The lowest BCUT2D eigenvalue weighted by Crippen LogP contribution is -2.16. The summed E-state index contributed by atoms with van der Waals surface area (Å²) in [5.41, 5.74) is -1.64. The van der Waals surface area contributed by atoms with E-state index < -0.39 is 32.5 Å². The zero-order chi connectivity index (χ0) is 16.0. The molecule has 0 aliphatic heterocycles. The molecule has 0 spiro atoms. The Labute approximate surface area is 127 Å². The van der Waals surface area contributed by atoms with Gasteiger partial charge in [0.1, 0.15) is 4.34 Å². The SMILES string of the molecule is CC(c1cn(C)nc1C(F)(F)F)S(=O)(=O)c1ncc(Cl)s1. The van der Waals surface area contributed by atoms with E-state index in [1.165, 1.54) is 7.05 Å². The van der Waals surface area contributed by atoms with Crippen molar-refractivity contribution < 1.29 is 21.6 Å². The van der Waals surface area contributed by atoms with Gasteiger partial charge in [-0.25, -0.2) is 13.4 Å². The van der Waals surface area contributed by atoms with Crippen LogP contribution in [0.4, 0.5) is 13.2 Å². The number of hydrogen-bond donors (Lipinski definition) is 0. The van der Waals surface area contributed by atoms with Gasteiger partial charge < -0.3 is 0 Å². The molecular formula is C10H9ClF3N3O2S2. The number of sulfone groups is 1. The summed E-state index contributed by atoms with van der Waals surface area (Å²) in [7, 11) is -2.78. The summed E-state index contributed by atoms with van der Waals surface area (Å²) in [6.07, 6.45) is -2.55. The van der Waals surface area contributed by atoms with Gasteiger partial charge >= 0.3 is 6.18 Å². The Morgan fingerprint density at radius 3 is 2.52 bits per heavy atom. The van der Waals surface area contributed by atoms with E-state index in [-0.39, 0.29) is 8.68 Å². The maximum atomic E-state index is 12.9. The van der Waals surface area contributed by atoms with Crippen LogP contribution in [0.5, 0.6) is 0 Å². The smallest absolute Gasteiger partial charge is 0.275 e. The summed E-state index contributed by atoms with van der Waals surface area (Å²) in [6.45, 7) is 1.16. The lowest BCUT2D eigenvalue weighted by atomic mass is 10.2. The molecule has 1 atom stereocenters. The number of alkyl halides is 3. The summed E-state index contributed by atoms with van der Waals surface area (Å²) in [5.74, 6) is 0.